The van der Waals surface area contributed by atoms with Crippen LogP contribution in [0.25, 0.3) is 33.8 Å². The minimum atomic E-state index is -2.10. The quantitative estimate of drug-likeness (QED) is 0.212. The van der Waals surface area contributed by atoms with Crippen LogP contribution in [0, 0.1) is 25.9 Å². The van der Waals surface area contributed by atoms with E-state index in [2.05, 4.69) is 33.2 Å². The first-order chi connectivity index (χ1) is 16.9. The molecule has 5 rings (SSSR count). The Morgan fingerprint density at radius 2 is 1.39 bits per heavy atom. The molecular weight excluding hydrogens is 583 g/mol. The van der Waals surface area contributed by atoms with Crippen LogP contribution in [0.4, 0.5) is 0 Å². The molecule has 0 amide bonds. The number of nitrogens with zero attached hydrogens (tertiary/aromatic N) is 3. The number of hydrogen-bond donors (Lipinski definition) is 0. The number of rotatable bonds is 3. The summed E-state index contributed by atoms with van der Waals surface area (Å²) < 4.78 is 22.1. The van der Waals surface area contributed by atoms with Gasteiger partial charge in [0.25, 0.3) is 0 Å². The van der Waals surface area contributed by atoms with Gasteiger partial charge in [-0.2, -0.15) is 0 Å². The molecule has 4 heteroatoms. The third kappa shape index (κ3) is 6.52. The Morgan fingerprint density at radius 3 is 2.03 bits per heavy atom. The molecule has 0 aliphatic rings. The summed E-state index contributed by atoms with van der Waals surface area (Å²) in [6, 6.07) is 33.3. The first-order valence-electron chi connectivity index (χ1n) is 11.7. The summed E-state index contributed by atoms with van der Waals surface area (Å²) in [5.74, 6) is 0. The van der Waals surface area contributed by atoms with Gasteiger partial charge in [-0.3, -0.25) is 4.98 Å². The van der Waals surface area contributed by atoms with Crippen LogP contribution in [-0.4, -0.2) is 15.0 Å². The van der Waals surface area contributed by atoms with Crippen LogP contribution in [0.3, 0.4) is 0 Å². The van der Waals surface area contributed by atoms with E-state index in [9.17, 15) is 0 Å². The van der Waals surface area contributed by atoms with Crippen LogP contribution in [0.5, 0.6) is 0 Å². The monoisotopic (exact) mass is 609 g/mol. The summed E-state index contributed by atoms with van der Waals surface area (Å²) in [4.78, 5) is 12.9. The zero-order chi connectivity index (χ0) is 24.7. The van der Waals surface area contributed by atoms with Crippen LogP contribution in [0.15, 0.2) is 104 Å². The van der Waals surface area contributed by atoms with E-state index < -0.39 is 6.85 Å². The third-order valence-electron chi connectivity index (χ3n) is 4.80. The Hall–Kier alpha value is -3.46. The fourth-order valence-electron chi connectivity index (χ4n) is 3.09. The molecule has 0 fully saturated rings. The van der Waals surface area contributed by atoms with Gasteiger partial charge in [0.05, 0.1) is 5.69 Å². The summed E-state index contributed by atoms with van der Waals surface area (Å²) in [5.41, 5.74) is 6.60. The molecule has 3 heterocycles. The molecule has 2 aromatic carbocycles. The SMILES string of the molecule is [2H]C([2H])([2H])c1cnc(-c2[c-]cccc2)cc1C.[Ir].[c-]1ccc(-c2ccccn2)cc1-c1ccccn1. The Labute approximate surface area is 213 Å². The predicted molar refractivity (Wildman–Crippen MR) is 130 cm³/mol. The van der Waals surface area contributed by atoms with E-state index in [0.29, 0.717) is 5.56 Å². The molecule has 0 atom stereocenters. The van der Waals surface area contributed by atoms with Crippen molar-refractivity contribution in [2.45, 2.75) is 13.8 Å². The summed E-state index contributed by atoms with van der Waals surface area (Å²) >= 11 is 0. The van der Waals surface area contributed by atoms with Gasteiger partial charge in [0.15, 0.2) is 0 Å². The largest absolute Gasteiger partial charge is 0.305 e. The van der Waals surface area contributed by atoms with Crippen LogP contribution in [0.1, 0.15) is 15.2 Å². The standard InChI is InChI=1S/C16H11N2.C13H12N.Ir/c1-3-10-17-15(8-1)13-6-5-7-14(12-13)16-9-2-4-11-18-16;1-10-8-13(14-9-11(10)2)12-6-4-3-5-7-12;/h1-6,8-12H;3-6,8-9H,1-2H3;/q2*-1;/i;2D3;. The molecule has 5 aromatic rings. The van der Waals surface area contributed by atoms with E-state index in [1.54, 1.807) is 25.4 Å². The summed E-state index contributed by atoms with van der Waals surface area (Å²) in [7, 11) is 0. The van der Waals surface area contributed by atoms with E-state index in [-0.39, 0.29) is 20.1 Å². The van der Waals surface area contributed by atoms with E-state index >= 15 is 0 Å². The average Bonchev–Trinajstić information content (AvgIpc) is 2.90. The van der Waals surface area contributed by atoms with Crippen LogP contribution >= 0.6 is 0 Å². The molecule has 3 nitrogen and oxygen atoms in total. The van der Waals surface area contributed by atoms with Gasteiger partial charge in [0.2, 0.25) is 0 Å². The van der Waals surface area contributed by atoms with Crippen molar-refractivity contribution in [1.29, 1.82) is 0 Å². The molecule has 0 aliphatic carbocycles. The van der Waals surface area contributed by atoms with Gasteiger partial charge in [0, 0.05) is 42.8 Å². The average molecular weight is 609 g/mol. The third-order valence-corrected chi connectivity index (χ3v) is 4.80. The van der Waals surface area contributed by atoms with E-state index in [0.717, 1.165) is 39.3 Å². The zero-order valence-corrected chi connectivity index (χ0v) is 20.4. The minimum absolute atomic E-state index is 0. The van der Waals surface area contributed by atoms with Gasteiger partial charge >= 0.3 is 0 Å². The second-order valence-electron chi connectivity index (χ2n) is 7.08. The Bertz CT molecular complexity index is 1320. The Kier molecular flexibility index (Phi) is 7.31. The summed E-state index contributed by atoms with van der Waals surface area (Å²) in [6.45, 7) is -0.314. The van der Waals surface area contributed by atoms with Gasteiger partial charge in [-0.05, 0) is 48.9 Å². The van der Waals surface area contributed by atoms with Crippen molar-refractivity contribution in [3.63, 3.8) is 0 Å². The first kappa shape index (κ1) is 20.2. The van der Waals surface area contributed by atoms with Crippen molar-refractivity contribution in [2.24, 2.45) is 0 Å². The smallest absolute Gasteiger partial charge is 0.0518 e. The maximum atomic E-state index is 7.37. The maximum Gasteiger partial charge on any atom is 0.0518 e. The fraction of sp³-hybridized carbons (Fsp3) is 0.0690. The molecule has 0 aliphatic heterocycles. The molecule has 0 spiro atoms. The number of aryl methyl sites for hydroxylation is 2. The van der Waals surface area contributed by atoms with Crippen LogP contribution in [0.2, 0.25) is 0 Å². The van der Waals surface area contributed by atoms with Gasteiger partial charge in [0.1, 0.15) is 0 Å². The summed E-state index contributed by atoms with van der Waals surface area (Å²) in [6.07, 6.45) is 5.02. The van der Waals surface area contributed by atoms with Gasteiger partial charge in [-0.1, -0.05) is 35.4 Å². The molecule has 33 heavy (non-hydrogen) atoms. The topological polar surface area (TPSA) is 38.7 Å². The van der Waals surface area contributed by atoms with Gasteiger partial charge in [-0.25, -0.2) is 0 Å². The van der Waals surface area contributed by atoms with Crippen molar-refractivity contribution < 1.29 is 24.2 Å². The molecule has 0 unspecified atom stereocenters. The number of aromatic nitrogens is 3. The number of hydrogen-bond acceptors (Lipinski definition) is 3. The van der Waals surface area contributed by atoms with Crippen LogP contribution < -0.4 is 0 Å². The van der Waals surface area contributed by atoms with E-state index in [4.69, 9.17) is 4.11 Å². The van der Waals surface area contributed by atoms with Crippen molar-refractivity contribution in [3.8, 4) is 33.8 Å². The molecule has 0 N–H and O–H groups in total. The number of pyridine rings is 3. The van der Waals surface area contributed by atoms with E-state index in [1.165, 1.54) is 6.20 Å². The second kappa shape index (κ2) is 12.0. The molecule has 165 valence electrons. The Balaban J connectivity index is 0.000000196. The van der Waals surface area contributed by atoms with Crippen molar-refractivity contribution >= 4 is 0 Å². The molecule has 0 saturated carbocycles. The van der Waals surface area contributed by atoms with E-state index in [1.807, 2.05) is 72.8 Å². The minimum Gasteiger partial charge on any atom is -0.305 e. The second-order valence-corrected chi connectivity index (χ2v) is 7.08. The Morgan fingerprint density at radius 1 is 0.667 bits per heavy atom. The van der Waals surface area contributed by atoms with Crippen LogP contribution in [-0.2, 0) is 20.1 Å². The number of benzene rings is 2. The van der Waals surface area contributed by atoms with Crippen molar-refractivity contribution in [2.75, 3.05) is 0 Å². The van der Waals surface area contributed by atoms with Crippen molar-refractivity contribution in [1.82, 2.24) is 15.0 Å². The zero-order valence-electron chi connectivity index (χ0n) is 21.0. The molecule has 3 aromatic heterocycles. The molecule has 1 radical (unpaired) electrons. The van der Waals surface area contributed by atoms with Gasteiger partial charge in [-0.15, -0.1) is 65.7 Å². The fourth-order valence-corrected chi connectivity index (χ4v) is 3.09. The molecule has 0 bridgehead atoms. The first-order valence-corrected chi connectivity index (χ1v) is 10.2. The maximum absolute atomic E-state index is 7.37. The molecular formula is C29H23IrN3-2. The predicted octanol–water partition coefficient (Wildman–Crippen LogP) is 6.77. The van der Waals surface area contributed by atoms with Crippen molar-refractivity contribution in [3.05, 3.63) is 127 Å². The van der Waals surface area contributed by atoms with Gasteiger partial charge < -0.3 is 9.97 Å². The summed E-state index contributed by atoms with van der Waals surface area (Å²) in [5, 5.41) is 0. The molecule has 0 saturated heterocycles. The normalized spacial score (nSPS) is 11.6.